The van der Waals surface area contributed by atoms with Crippen LogP contribution in [0.15, 0.2) is 12.2 Å². The van der Waals surface area contributed by atoms with Crippen LogP contribution in [-0.4, -0.2) is 23.5 Å². The summed E-state index contributed by atoms with van der Waals surface area (Å²) < 4.78 is 0. The largest absolute Gasteiger partial charge is 0.481 e. The summed E-state index contributed by atoms with van der Waals surface area (Å²) in [5.74, 6) is -0.464. The number of amides is 1. The Balaban J connectivity index is 2.17. The molecule has 1 aliphatic rings. The van der Waals surface area contributed by atoms with Crippen molar-refractivity contribution in [3.05, 3.63) is 12.2 Å². The number of hydrogen-bond acceptors (Lipinski definition) is 2. The maximum Gasteiger partial charge on any atom is 0.306 e. The molecule has 0 aliphatic heterocycles. The summed E-state index contributed by atoms with van der Waals surface area (Å²) in [6, 6.07) is 0. The molecule has 4 nitrogen and oxygen atoms in total. The van der Waals surface area contributed by atoms with Crippen LogP contribution >= 0.6 is 0 Å². The molecule has 0 aromatic rings. The molecule has 1 amide bonds. The quantitative estimate of drug-likeness (QED) is 0.714. The van der Waals surface area contributed by atoms with Crippen molar-refractivity contribution in [3.8, 4) is 0 Å². The maximum atomic E-state index is 11.4. The molecule has 0 aromatic carbocycles. The van der Waals surface area contributed by atoms with Crippen molar-refractivity contribution in [2.24, 2.45) is 11.8 Å². The number of carbonyl (C=O) groups is 2. The fourth-order valence-corrected chi connectivity index (χ4v) is 2.27. The summed E-state index contributed by atoms with van der Waals surface area (Å²) in [5, 5.41) is 11.8. The van der Waals surface area contributed by atoms with Crippen molar-refractivity contribution >= 4 is 11.9 Å². The number of rotatable bonds is 6. The molecular weight excluding hydrogens is 230 g/mol. The van der Waals surface area contributed by atoms with Crippen molar-refractivity contribution in [2.75, 3.05) is 6.54 Å². The normalized spacial score (nSPS) is 24.1. The van der Waals surface area contributed by atoms with E-state index >= 15 is 0 Å². The third-order valence-electron chi connectivity index (χ3n) is 3.49. The number of allylic oxidation sites excluding steroid dienone is 1. The lowest BCUT2D eigenvalue weighted by molar-refractivity contribution is -0.143. The number of unbranched alkanes of at least 4 members (excludes halogenated alkanes) is 1. The van der Waals surface area contributed by atoms with Crippen LogP contribution in [0.4, 0.5) is 0 Å². The SMILES string of the molecule is CCCC=CC(=O)NC[C@H]1CC[C@H](C(=O)O)CC1. The van der Waals surface area contributed by atoms with Crippen molar-refractivity contribution in [1.29, 1.82) is 0 Å². The molecule has 0 heterocycles. The molecule has 1 rings (SSSR count). The third kappa shape index (κ3) is 5.34. The zero-order chi connectivity index (χ0) is 13.4. The highest BCUT2D eigenvalue weighted by atomic mass is 16.4. The number of aliphatic carboxylic acids is 1. The first-order valence-corrected chi connectivity index (χ1v) is 6.80. The van der Waals surface area contributed by atoms with Crippen LogP contribution in [0.1, 0.15) is 45.4 Å². The van der Waals surface area contributed by atoms with Gasteiger partial charge in [0.05, 0.1) is 5.92 Å². The highest BCUT2D eigenvalue weighted by Gasteiger charge is 2.25. The zero-order valence-corrected chi connectivity index (χ0v) is 11.0. The Morgan fingerprint density at radius 3 is 2.50 bits per heavy atom. The monoisotopic (exact) mass is 253 g/mol. The Labute approximate surface area is 108 Å². The molecule has 102 valence electrons. The predicted molar refractivity (Wildman–Crippen MR) is 70.1 cm³/mol. The predicted octanol–water partition coefficient (Wildman–Crippen LogP) is 2.35. The van der Waals surface area contributed by atoms with E-state index in [1.807, 2.05) is 6.08 Å². The molecule has 4 heteroatoms. The van der Waals surface area contributed by atoms with E-state index in [1.165, 1.54) is 0 Å². The highest BCUT2D eigenvalue weighted by molar-refractivity contribution is 5.87. The Bertz CT molecular complexity index is 304. The molecule has 0 atom stereocenters. The van der Waals surface area contributed by atoms with Crippen molar-refractivity contribution < 1.29 is 14.7 Å². The minimum Gasteiger partial charge on any atom is -0.481 e. The van der Waals surface area contributed by atoms with Gasteiger partial charge in [-0.15, -0.1) is 0 Å². The minimum absolute atomic E-state index is 0.0381. The number of carboxylic acids is 1. The molecule has 1 fully saturated rings. The molecule has 18 heavy (non-hydrogen) atoms. The average Bonchev–Trinajstić information content (AvgIpc) is 2.37. The second-order valence-electron chi connectivity index (χ2n) is 4.99. The second-order valence-corrected chi connectivity index (χ2v) is 4.99. The summed E-state index contributed by atoms with van der Waals surface area (Å²) in [4.78, 5) is 22.2. The van der Waals surface area contributed by atoms with E-state index in [0.717, 1.165) is 38.5 Å². The third-order valence-corrected chi connectivity index (χ3v) is 3.49. The maximum absolute atomic E-state index is 11.4. The molecule has 1 saturated carbocycles. The van der Waals surface area contributed by atoms with Crippen molar-refractivity contribution in [1.82, 2.24) is 5.32 Å². The van der Waals surface area contributed by atoms with Crippen LogP contribution in [0.2, 0.25) is 0 Å². The second kappa shape index (κ2) is 7.90. The van der Waals surface area contributed by atoms with Gasteiger partial charge in [0.2, 0.25) is 5.91 Å². The van der Waals surface area contributed by atoms with Crippen LogP contribution in [0, 0.1) is 11.8 Å². The Morgan fingerprint density at radius 1 is 1.28 bits per heavy atom. The van der Waals surface area contributed by atoms with Gasteiger partial charge in [-0.25, -0.2) is 0 Å². The van der Waals surface area contributed by atoms with E-state index < -0.39 is 5.97 Å². The summed E-state index contributed by atoms with van der Waals surface area (Å²) in [6.07, 6.45) is 8.72. The van der Waals surface area contributed by atoms with E-state index in [9.17, 15) is 9.59 Å². The van der Waals surface area contributed by atoms with Gasteiger partial charge in [-0.2, -0.15) is 0 Å². The number of hydrogen-bond donors (Lipinski definition) is 2. The lowest BCUT2D eigenvalue weighted by Crippen LogP contribution is -2.31. The summed E-state index contributed by atoms with van der Waals surface area (Å²) in [5.41, 5.74) is 0. The van der Waals surface area contributed by atoms with Gasteiger partial charge < -0.3 is 10.4 Å². The Hall–Kier alpha value is -1.32. The summed E-state index contributed by atoms with van der Waals surface area (Å²) in [7, 11) is 0. The van der Waals surface area contributed by atoms with E-state index in [-0.39, 0.29) is 11.8 Å². The van der Waals surface area contributed by atoms with Crippen molar-refractivity contribution in [3.63, 3.8) is 0 Å². The standard InChI is InChI=1S/C14H23NO3/c1-2-3-4-5-13(16)15-10-11-6-8-12(9-7-11)14(17)18/h4-5,11-12H,2-3,6-10H2,1H3,(H,15,16)(H,17,18)/t11-,12-. The average molecular weight is 253 g/mol. The fraction of sp³-hybridized carbons (Fsp3) is 0.714. The van der Waals surface area contributed by atoms with E-state index in [2.05, 4.69) is 12.2 Å². The van der Waals surface area contributed by atoms with Gasteiger partial charge in [-0.05, 0) is 44.1 Å². The Kier molecular flexibility index (Phi) is 6.47. The number of nitrogens with one attached hydrogen (secondary N) is 1. The fourth-order valence-electron chi connectivity index (χ4n) is 2.27. The van der Waals surface area contributed by atoms with Crippen LogP contribution < -0.4 is 5.32 Å². The van der Waals surface area contributed by atoms with Gasteiger partial charge in [-0.1, -0.05) is 19.4 Å². The molecule has 0 bridgehead atoms. The van der Waals surface area contributed by atoms with E-state index in [1.54, 1.807) is 6.08 Å². The molecule has 1 aliphatic carbocycles. The molecular formula is C14H23NO3. The molecule has 0 spiro atoms. The highest BCUT2D eigenvalue weighted by Crippen LogP contribution is 2.28. The first-order valence-electron chi connectivity index (χ1n) is 6.80. The lowest BCUT2D eigenvalue weighted by Gasteiger charge is -2.25. The van der Waals surface area contributed by atoms with Crippen LogP contribution in [-0.2, 0) is 9.59 Å². The van der Waals surface area contributed by atoms with Crippen molar-refractivity contribution in [2.45, 2.75) is 45.4 Å². The van der Waals surface area contributed by atoms with Gasteiger partial charge in [0, 0.05) is 6.54 Å². The molecule has 2 N–H and O–H groups in total. The van der Waals surface area contributed by atoms with E-state index in [4.69, 9.17) is 5.11 Å². The lowest BCUT2D eigenvalue weighted by atomic mass is 9.82. The zero-order valence-electron chi connectivity index (χ0n) is 11.0. The topological polar surface area (TPSA) is 66.4 Å². The summed E-state index contributed by atoms with van der Waals surface area (Å²) >= 11 is 0. The van der Waals surface area contributed by atoms with Gasteiger partial charge in [-0.3, -0.25) is 9.59 Å². The molecule has 0 aromatic heterocycles. The summed E-state index contributed by atoms with van der Waals surface area (Å²) in [6.45, 7) is 2.74. The van der Waals surface area contributed by atoms with Crippen LogP contribution in [0.5, 0.6) is 0 Å². The Morgan fingerprint density at radius 2 is 1.94 bits per heavy atom. The molecule has 0 radical (unpaired) electrons. The van der Waals surface area contributed by atoms with Gasteiger partial charge in [0.15, 0.2) is 0 Å². The number of carboxylic acid groups (broad SMARTS) is 1. The van der Waals surface area contributed by atoms with Gasteiger partial charge >= 0.3 is 5.97 Å². The molecule has 0 unspecified atom stereocenters. The molecule has 0 saturated heterocycles. The van der Waals surface area contributed by atoms with Gasteiger partial charge in [0.25, 0.3) is 0 Å². The van der Waals surface area contributed by atoms with Crippen LogP contribution in [0.3, 0.4) is 0 Å². The smallest absolute Gasteiger partial charge is 0.306 e. The number of carbonyl (C=O) groups excluding carboxylic acids is 1. The first-order chi connectivity index (χ1) is 8.63. The first kappa shape index (κ1) is 14.7. The van der Waals surface area contributed by atoms with Gasteiger partial charge in [0.1, 0.15) is 0 Å². The van der Waals surface area contributed by atoms with Crippen LogP contribution in [0.25, 0.3) is 0 Å². The minimum atomic E-state index is -0.681. The van der Waals surface area contributed by atoms with E-state index in [0.29, 0.717) is 12.5 Å².